The second-order valence-electron chi connectivity index (χ2n) is 4.84. The van der Waals surface area contributed by atoms with Crippen LogP contribution in [0, 0.1) is 0 Å². The molecule has 0 radical (unpaired) electrons. The van der Waals surface area contributed by atoms with Gasteiger partial charge in [-0.15, -0.1) is 0 Å². The first kappa shape index (κ1) is 13.2. The molecule has 106 valence electrons. The largest absolute Gasteiger partial charge is 0.440 e. The number of aliphatic hydroxyl groups is 1. The average molecular weight is 283 g/mol. The van der Waals surface area contributed by atoms with Crippen LogP contribution in [0.2, 0.25) is 0 Å². The predicted octanol–water partition coefficient (Wildman–Crippen LogP) is 3.73. The van der Waals surface area contributed by atoms with Gasteiger partial charge in [-0.05, 0) is 31.0 Å². The van der Waals surface area contributed by atoms with E-state index in [0.717, 1.165) is 25.0 Å². The molecular weight excluding hydrogens is 271 g/mol. The molecule has 1 aliphatic carbocycles. The molecule has 1 fully saturated rings. The minimum absolute atomic E-state index is 0.127. The SMILES string of the molecule is OCc1nc(-c2cccc(C(F)(F)F)c2)oc1C1CC1. The van der Waals surface area contributed by atoms with Gasteiger partial charge in [0.2, 0.25) is 5.89 Å². The lowest BCUT2D eigenvalue weighted by molar-refractivity contribution is -0.137. The van der Waals surface area contributed by atoms with Gasteiger partial charge in [0.1, 0.15) is 11.5 Å². The maximum absolute atomic E-state index is 12.7. The number of aromatic nitrogens is 1. The van der Waals surface area contributed by atoms with Gasteiger partial charge in [-0.2, -0.15) is 13.2 Å². The molecule has 0 aliphatic heterocycles. The Balaban J connectivity index is 2.00. The summed E-state index contributed by atoms with van der Waals surface area (Å²) in [5.74, 6) is 0.964. The van der Waals surface area contributed by atoms with E-state index in [9.17, 15) is 18.3 Å². The monoisotopic (exact) mass is 283 g/mol. The summed E-state index contributed by atoms with van der Waals surface area (Å²) in [7, 11) is 0. The topological polar surface area (TPSA) is 46.3 Å². The summed E-state index contributed by atoms with van der Waals surface area (Å²) in [5, 5.41) is 9.24. The molecular formula is C14H12F3NO2. The van der Waals surface area contributed by atoms with E-state index in [-0.39, 0.29) is 24.0 Å². The first-order valence-electron chi connectivity index (χ1n) is 6.27. The van der Waals surface area contributed by atoms with E-state index >= 15 is 0 Å². The molecule has 3 nitrogen and oxygen atoms in total. The number of rotatable bonds is 3. The van der Waals surface area contributed by atoms with Crippen LogP contribution in [0.15, 0.2) is 28.7 Å². The van der Waals surface area contributed by atoms with E-state index in [4.69, 9.17) is 4.42 Å². The number of alkyl halides is 3. The Kier molecular flexibility index (Phi) is 3.05. The number of hydrogen-bond donors (Lipinski definition) is 1. The Labute approximate surface area is 113 Å². The van der Waals surface area contributed by atoms with Crippen LogP contribution in [-0.4, -0.2) is 10.1 Å². The van der Waals surface area contributed by atoms with Gasteiger partial charge < -0.3 is 9.52 Å². The second-order valence-corrected chi connectivity index (χ2v) is 4.84. The fourth-order valence-corrected chi connectivity index (χ4v) is 2.09. The highest BCUT2D eigenvalue weighted by atomic mass is 19.4. The van der Waals surface area contributed by atoms with Crippen LogP contribution in [0.1, 0.15) is 35.8 Å². The molecule has 1 aliphatic rings. The van der Waals surface area contributed by atoms with E-state index in [1.54, 1.807) is 0 Å². The van der Waals surface area contributed by atoms with E-state index in [1.807, 2.05) is 0 Å². The summed E-state index contributed by atoms with van der Waals surface area (Å²) in [6.07, 6.45) is -2.48. The van der Waals surface area contributed by atoms with Crippen molar-refractivity contribution in [3.8, 4) is 11.5 Å². The van der Waals surface area contributed by atoms with Gasteiger partial charge in [0.15, 0.2) is 0 Å². The number of halogens is 3. The lowest BCUT2D eigenvalue weighted by Crippen LogP contribution is -2.04. The highest BCUT2D eigenvalue weighted by Crippen LogP contribution is 2.43. The Morgan fingerprint density at radius 2 is 2.05 bits per heavy atom. The summed E-state index contributed by atoms with van der Waals surface area (Å²) < 4.78 is 43.6. The van der Waals surface area contributed by atoms with Gasteiger partial charge in [-0.1, -0.05) is 6.07 Å². The Morgan fingerprint density at radius 1 is 1.30 bits per heavy atom. The third kappa shape index (κ3) is 2.43. The lowest BCUT2D eigenvalue weighted by atomic mass is 10.1. The Bertz CT molecular complexity index is 630. The molecule has 6 heteroatoms. The molecule has 0 amide bonds. The van der Waals surface area contributed by atoms with E-state index in [0.29, 0.717) is 11.5 Å². The summed E-state index contributed by atoms with van der Waals surface area (Å²) in [4.78, 5) is 4.10. The first-order chi connectivity index (χ1) is 9.49. The van der Waals surface area contributed by atoms with Gasteiger partial charge in [-0.25, -0.2) is 4.98 Å². The fourth-order valence-electron chi connectivity index (χ4n) is 2.09. The highest BCUT2D eigenvalue weighted by Gasteiger charge is 2.33. The van der Waals surface area contributed by atoms with Crippen LogP contribution >= 0.6 is 0 Å². The second kappa shape index (κ2) is 4.63. The van der Waals surface area contributed by atoms with Crippen molar-refractivity contribution in [1.82, 2.24) is 4.98 Å². The third-order valence-electron chi connectivity index (χ3n) is 3.26. The molecule has 20 heavy (non-hydrogen) atoms. The summed E-state index contributed by atoms with van der Waals surface area (Å²) in [5.41, 5.74) is -0.0620. The standard InChI is InChI=1S/C14H12F3NO2/c15-14(16,17)10-3-1-2-9(6-10)13-18-11(7-19)12(20-13)8-4-5-8/h1-3,6,8,19H,4-5,7H2. The van der Waals surface area contributed by atoms with Crippen LogP contribution in [0.5, 0.6) is 0 Å². The maximum Gasteiger partial charge on any atom is 0.416 e. The van der Waals surface area contributed by atoms with Crippen molar-refractivity contribution < 1.29 is 22.7 Å². The molecule has 0 saturated heterocycles. The zero-order valence-electron chi connectivity index (χ0n) is 10.4. The summed E-state index contributed by atoms with van der Waals surface area (Å²) >= 11 is 0. The third-order valence-corrected chi connectivity index (χ3v) is 3.26. The first-order valence-corrected chi connectivity index (χ1v) is 6.27. The van der Waals surface area contributed by atoms with Crippen molar-refractivity contribution in [2.45, 2.75) is 31.5 Å². The van der Waals surface area contributed by atoms with Crippen molar-refractivity contribution in [2.24, 2.45) is 0 Å². The van der Waals surface area contributed by atoms with Crippen LogP contribution < -0.4 is 0 Å². The fraction of sp³-hybridized carbons (Fsp3) is 0.357. The zero-order valence-corrected chi connectivity index (χ0v) is 10.4. The number of aliphatic hydroxyl groups excluding tert-OH is 1. The molecule has 0 unspecified atom stereocenters. The van der Waals surface area contributed by atoms with E-state index in [2.05, 4.69) is 4.98 Å². The molecule has 0 spiro atoms. The van der Waals surface area contributed by atoms with Crippen molar-refractivity contribution in [3.05, 3.63) is 41.3 Å². The molecule has 1 saturated carbocycles. The predicted molar refractivity (Wildman–Crippen MR) is 64.8 cm³/mol. The van der Waals surface area contributed by atoms with Gasteiger partial charge in [0, 0.05) is 11.5 Å². The van der Waals surface area contributed by atoms with Gasteiger partial charge in [0.05, 0.1) is 12.2 Å². The molecule has 1 N–H and O–H groups in total. The average Bonchev–Trinajstić information content (AvgIpc) is 3.17. The molecule has 0 bridgehead atoms. The van der Waals surface area contributed by atoms with E-state index < -0.39 is 11.7 Å². The number of oxazole rings is 1. The van der Waals surface area contributed by atoms with Gasteiger partial charge >= 0.3 is 6.18 Å². The molecule has 1 heterocycles. The van der Waals surface area contributed by atoms with E-state index in [1.165, 1.54) is 12.1 Å². The minimum Gasteiger partial charge on any atom is -0.440 e. The molecule has 1 aromatic heterocycles. The van der Waals surface area contributed by atoms with Crippen molar-refractivity contribution >= 4 is 0 Å². The normalized spacial score (nSPS) is 15.6. The lowest BCUT2D eigenvalue weighted by Gasteiger charge is -2.06. The van der Waals surface area contributed by atoms with Crippen molar-refractivity contribution in [2.75, 3.05) is 0 Å². The highest BCUT2D eigenvalue weighted by molar-refractivity contribution is 5.55. The molecule has 0 atom stereocenters. The Hall–Kier alpha value is -1.82. The number of benzene rings is 1. The smallest absolute Gasteiger partial charge is 0.416 e. The summed E-state index contributed by atoms with van der Waals surface area (Å²) in [6.45, 7) is -0.270. The van der Waals surface area contributed by atoms with Gasteiger partial charge in [-0.3, -0.25) is 0 Å². The van der Waals surface area contributed by atoms with Crippen LogP contribution in [0.25, 0.3) is 11.5 Å². The Morgan fingerprint density at radius 3 is 2.65 bits per heavy atom. The molecule has 3 rings (SSSR count). The number of hydrogen-bond acceptors (Lipinski definition) is 3. The summed E-state index contributed by atoms with van der Waals surface area (Å²) in [6, 6.07) is 4.83. The van der Waals surface area contributed by atoms with Crippen LogP contribution in [0.3, 0.4) is 0 Å². The van der Waals surface area contributed by atoms with Crippen molar-refractivity contribution in [3.63, 3.8) is 0 Å². The maximum atomic E-state index is 12.7. The quantitative estimate of drug-likeness (QED) is 0.933. The minimum atomic E-state index is -4.40. The molecule has 2 aromatic rings. The number of nitrogens with zero attached hydrogens (tertiary/aromatic N) is 1. The van der Waals surface area contributed by atoms with Crippen LogP contribution in [0.4, 0.5) is 13.2 Å². The van der Waals surface area contributed by atoms with Gasteiger partial charge in [0.25, 0.3) is 0 Å². The zero-order chi connectivity index (χ0) is 14.3. The molecule has 1 aromatic carbocycles. The van der Waals surface area contributed by atoms with Crippen molar-refractivity contribution in [1.29, 1.82) is 0 Å². The van der Waals surface area contributed by atoms with Crippen LogP contribution in [-0.2, 0) is 12.8 Å².